The van der Waals surface area contributed by atoms with Crippen molar-refractivity contribution in [2.24, 2.45) is 0 Å². The highest BCUT2D eigenvalue weighted by Gasteiger charge is 2.31. The summed E-state index contributed by atoms with van der Waals surface area (Å²) >= 11 is 0. The molecule has 0 aliphatic rings. The summed E-state index contributed by atoms with van der Waals surface area (Å²) in [4.78, 5) is 30.1. The highest BCUT2D eigenvalue weighted by molar-refractivity contribution is 6.49. The number of carbonyl (C=O) groups excluding carboxylic acids is 2. The summed E-state index contributed by atoms with van der Waals surface area (Å²) in [5, 5.41) is 14.2. The first kappa shape index (κ1) is 81.6. The zero-order valence-corrected chi connectivity index (χ0v) is 77.9. The molecule has 126 heavy (non-hydrogen) atoms. The SMILES string of the molecule is CC(C)(C)c1ccc2c(c1)c1cc(C(C)(C)C)ccc1n2-c1ccc2c(c1)c1cc(-n3c4ccc(C(C)(C)C)cc4c4cc(C(C)(C)C)ccc43)ccc1n2-c1ccc(C(=O)C(=O)c2ccc(-n3c4ccc(-n5c6ccc(C(C)(C)C)cc6c6cc(C(C)(C)C)ccc65)cc4c4cc(-n5c6ccc(C(C)(C)C)cc6c6cc(C(C)(C)C)ccc65)ccc43)cc2)cc1. The van der Waals surface area contributed by atoms with Gasteiger partial charge in [0, 0.05) is 110 Å². The van der Waals surface area contributed by atoms with Crippen LogP contribution in [0.1, 0.15) is 231 Å². The Morgan fingerprint density at radius 3 is 0.413 bits per heavy atom. The quantitative estimate of drug-likeness (QED) is 0.107. The fourth-order valence-electron chi connectivity index (χ4n) is 19.8. The first-order chi connectivity index (χ1) is 59.3. The summed E-state index contributed by atoms with van der Waals surface area (Å²) < 4.78 is 14.5. The van der Waals surface area contributed by atoms with Crippen LogP contribution in [-0.4, -0.2) is 39.0 Å². The number of fused-ring (bicyclic) bond motifs is 18. The number of carbonyl (C=O) groups is 2. The fraction of sp³-hybridized carbons (Fsp3) is 0.271. The van der Waals surface area contributed by atoms with Gasteiger partial charge in [-0.15, -0.1) is 0 Å². The molecule has 0 spiro atoms. The van der Waals surface area contributed by atoms with E-state index in [4.69, 9.17) is 0 Å². The fourth-order valence-corrected chi connectivity index (χ4v) is 19.8. The van der Waals surface area contributed by atoms with E-state index in [0.717, 1.165) is 122 Å². The minimum absolute atomic E-state index is 0.0470. The Labute approximate surface area is 740 Å². The summed E-state index contributed by atoms with van der Waals surface area (Å²) in [6, 6.07) is 99.4. The molecule has 20 rings (SSSR count). The lowest BCUT2D eigenvalue weighted by atomic mass is 9.85. The minimum Gasteiger partial charge on any atom is -0.309 e. The van der Waals surface area contributed by atoms with Crippen LogP contribution >= 0.6 is 0 Å². The Morgan fingerprint density at radius 1 is 0.151 bits per heavy atom. The number of Topliss-reactive ketones (excluding diaryl/α,β-unsaturated/α-hetero) is 2. The summed E-state index contributed by atoms with van der Waals surface area (Å²) in [6.45, 7) is 55.1. The molecule has 0 atom stereocenters. The Kier molecular flexibility index (Phi) is 18.0. The normalized spacial score (nSPS) is 13.3. The second kappa shape index (κ2) is 27.9. The minimum atomic E-state index is -0.572. The molecule has 0 N–H and O–H groups in total. The van der Waals surface area contributed by atoms with Gasteiger partial charge in [0.05, 0.1) is 66.2 Å². The average Bonchev–Trinajstić information content (AvgIpc) is 1.54. The van der Waals surface area contributed by atoms with Gasteiger partial charge in [-0.3, -0.25) is 9.59 Å². The van der Waals surface area contributed by atoms with Gasteiger partial charge in [-0.2, -0.15) is 0 Å². The zero-order valence-electron chi connectivity index (χ0n) is 77.9. The third kappa shape index (κ3) is 13.3. The largest absolute Gasteiger partial charge is 0.309 e. The number of aromatic nitrogens is 6. The Hall–Kier alpha value is -12.8. The molecule has 0 fully saturated rings. The molecule has 14 aromatic carbocycles. The Balaban J connectivity index is 0.704. The molecule has 6 aromatic heterocycles. The predicted molar refractivity (Wildman–Crippen MR) is 537 cm³/mol. The van der Waals surface area contributed by atoms with Crippen LogP contribution in [0.5, 0.6) is 0 Å². The lowest BCUT2D eigenvalue weighted by molar-refractivity contribution is 0.0817. The first-order valence-corrected chi connectivity index (χ1v) is 45.2. The standard InChI is InChI=1S/C118H116N6O2/c1-111(2,3)71-29-45-97-85(57-71)86-58-72(112(4,5)6)30-46-98(86)121(97)81-41-53-105-93(65-81)94-66-82(122-99-47-31-73(113(7,8)9)59-87(99)88-60-74(114(10,11)12)32-48-100(88)122)42-54-106(94)119(105)79-37-25-69(26-38-79)109(125)110(126)70-27-39-80(40-28-70)120-107-55-43-83(123-101-49-33-75(115(13,14)15)61-89(101)90-62-76(116(16,17)18)34-50-102(90)123)67-95(107)96-68-84(44-56-108(96)120)124-103-51-35-77(117(19,20)21)63-91(103)92-64-78(118(22,23)24)36-52-104(92)124/h25-68H,1-24H3. The van der Waals surface area contributed by atoms with Crippen molar-refractivity contribution in [1.82, 2.24) is 27.4 Å². The van der Waals surface area contributed by atoms with Crippen molar-refractivity contribution in [2.45, 2.75) is 209 Å². The molecule has 8 heteroatoms. The van der Waals surface area contributed by atoms with Crippen molar-refractivity contribution < 1.29 is 9.59 Å². The van der Waals surface area contributed by atoms with E-state index in [1.807, 2.05) is 48.5 Å². The van der Waals surface area contributed by atoms with Crippen LogP contribution < -0.4 is 0 Å². The van der Waals surface area contributed by atoms with Crippen LogP contribution in [0.4, 0.5) is 0 Å². The number of hydrogen-bond donors (Lipinski definition) is 0. The molecule has 0 aliphatic carbocycles. The van der Waals surface area contributed by atoms with Gasteiger partial charge in [0.1, 0.15) is 0 Å². The summed E-state index contributed by atoms with van der Waals surface area (Å²) in [5.74, 6) is -1.14. The van der Waals surface area contributed by atoms with E-state index in [1.165, 1.54) is 87.6 Å². The van der Waals surface area contributed by atoms with Gasteiger partial charge in [-0.1, -0.05) is 215 Å². The van der Waals surface area contributed by atoms with Crippen LogP contribution in [0, 0.1) is 0 Å². The molecule has 0 amide bonds. The molecular formula is C118H116N6O2. The van der Waals surface area contributed by atoms with Gasteiger partial charge in [0.25, 0.3) is 0 Å². The monoisotopic (exact) mass is 1650 g/mol. The van der Waals surface area contributed by atoms with E-state index < -0.39 is 11.6 Å². The number of ketones is 2. The van der Waals surface area contributed by atoms with E-state index >= 15 is 9.59 Å². The molecule has 0 bridgehead atoms. The third-order valence-corrected chi connectivity index (χ3v) is 27.5. The van der Waals surface area contributed by atoms with Gasteiger partial charge < -0.3 is 27.4 Å². The van der Waals surface area contributed by atoms with Crippen LogP contribution in [0.3, 0.4) is 0 Å². The predicted octanol–water partition coefficient (Wildman–Crippen LogP) is 31.7. The lowest BCUT2D eigenvalue weighted by Gasteiger charge is -2.19. The molecule has 8 nitrogen and oxygen atoms in total. The summed E-state index contributed by atoms with van der Waals surface area (Å²) in [5.41, 5.74) is 29.9. The number of rotatable bonds is 9. The van der Waals surface area contributed by atoms with Crippen LogP contribution in [0.15, 0.2) is 267 Å². The summed E-state index contributed by atoms with van der Waals surface area (Å²) in [6.07, 6.45) is 0. The zero-order chi connectivity index (χ0) is 88.8. The van der Waals surface area contributed by atoms with E-state index in [1.54, 1.807) is 0 Å². The topological polar surface area (TPSA) is 63.7 Å². The average molecular weight is 1650 g/mol. The maximum absolute atomic E-state index is 15.0. The number of nitrogens with zero attached hydrogens (tertiary/aromatic N) is 6. The molecule has 630 valence electrons. The van der Waals surface area contributed by atoms with E-state index in [9.17, 15) is 0 Å². The molecule has 0 radical (unpaired) electrons. The van der Waals surface area contributed by atoms with Crippen LogP contribution in [0.2, 0.25) is 0 Å². The number of benzene rings is 14. The molecule has 6 heterocycles. The summed E-state index contributed by atoms with van der Waals surface area (Å²) in [7, 11) is 0. The lowest BCUT2D eigenvalue weighted by Crippen LogP contribution is -2.14. The van der Waals surface area contributed by atoms with Crippen molar-refractivity contribution in [3.63, 3.8) is 0 Å². The van der Waals surface area contributed by atoms with Crippen LogP contribution in [-0.2, 0) is 43.3 Å². The molecular weight excluding hydrogens is 1530 g/mol. The van der Waals surface area contributed by atoms with Gasteiger partial charge in [0.15, 0.2) is 0 Å². The van der Waals surface area contributed by atoms with Gasteiger partial charge in [-0.05, 0) is 306 Å². The highest BCUT2D eigenvalue weighted by Crippen LogP contribution is 2.48. The maximum atomic E-state index is 15.0. The highest BCUT2D eigenvalue weighted by atomic mass is 16.2. The van der Waals surface area contributed by atoms with Crippen LogP contribution in [0.25, 0.3) is 165 Å². The van der Waals surface area contributed by atoms with Gasteiger partial charge in [0.2, 0.25) is 11.6 Å². The van der Waals surface area contributed by atoms with Crippen molar-refractivity contribution in [1.29, 1.82) is 0 Å². The second-order valence-corrected chi connectivity index (χ2v) is 44.4. The van der Waals surface area contributed by atoms with Gasteiger partial charge >= 0.3 is 0 Å². The van der Waals surface area contributed by atoms with E-state index in [-0.39, 0.29) is 43.3 Å². The first-order valence-electron chi connectivity index (χ1n) is 45.2. The third-order valence-electron chi connectivity index (χ3n) is 27.5. The van der Waals surface area contributed by atoms with E-state index in [0.29, 0.717) is 11.1 Å². The van der Waals surface area contributed by atoms with Crippen molar-refractivity contribution in [3.8, 4) is 34.1 Å². The molecule has 0 unspecified atom stereocenters. The molecule has 0 saturated carbocycles. The smallest absolute Gasteiger partial charge is 0.233 e. The Morgan fingerprint density at radius 2 is 0.270 bits per heavy atom. The van der Waals surface area contributed by atoms with Gasteiger partial charge in [-0.25, -0.2) is 0 Å². The molecule has 0 aliphatic heterocycles. The maximum Gasteiger partial charge on any atom is 0.233 e. The molecule has 0 saturated heterocycles. The second-order valence-electron chi connectivity index (χ2n) is 44.4. The Bertz CT molecular complexity index is 6850. The van der Waals surface area contributed by atoms with Crippen molar-refractivity contribution in [2.75, 3.05) is 0 Å². The van der Waals surface area contributed by atoms with Crippen molar-refractivity contribution >= 4 is 142 Å². The van der Waals surface area contributed by atoms with E-state index in [2.05, 4.69) is 412 Å². The van der Waals surface area contributed by atoms with Crippen molar-refractivity contribution in [3.05, 3.63) is 323 Å². The number of hydrogen-bond acceptors (Lipinski definition) is 2. The molecule has 20 aromatic rings.